The molecular weight excluding hydrogens is 480 g/mol. The lowest BCUT2D eigenvalue weighted by molar-refractivity contribution is -0.156. The molecule has 0 aliphatic heterocycles. The number of benzene rings is 2. The lowest BCUT2D eigenvalue weighted by Crippen LogP contribution is -2.50. The number of carbonyl (C=O) groups excluding carboxylic acids is 2. The minimum atomic E-state index is -4.02. The van der Waals surface area contributed by atoms with Gasteiger partial charge in [0.15, 0.2) is 0 Å². The number of alkyl halides is 1. The molecule has 2 rings (SSSR count). The van der Waals surface area contributed by atoms with Crippen LogP contribution in [0.5, 0.6) is 5.75 Å². The summed E-state index contributed by atoms with van der Waals surface area (Å²) in [4.78, 5) is 25.3. The highest BCUT2D eigenvalue weighted by molar-refractivity contribution is 7.89. The normalized spacial score (nSPS) is 12.6. The van der Waals surface area contributed by atoms with Crippen molar-refractivity contribution in [2.75, 3.05) is 19.0 Å². The van der Waals surface area contributed by atoms with Crippen molar-refractivity contribution in [1.29, 1.82) is 0 Å². The van der Waals surface area contributed by atoms with Crippen LogP contribution in [-0.2, 0) is 19.6 Å². The number of hydrogen-bond donors (Lipinski definition) is 2. The van der Waals surface area contributed by atoms with E-state index >= 15 is 0 Å². The third-order valence-electron chi connectivity index (χ3n) is 4.42. The van der Waals surface area contributed by atoms with Gasteiger partial charge in [0, 0.05) is 18.0 Å². The molecule has 10 heteroatoms. The van der Waals surface area contributed by atoms with Gasteiger partial charge in [-0.3, -0.25) is 9.59 Å². The molecule has 0 fully saturated rings. The van der Waals surface area contributed by atoms with E-state index < -0.39 is 33.5 Å². The van der Waals surface area contributed by atoms with E-state index in [2.05, 4.69) is 10.0 Å². The highest BCUT2D eigenvalue weighted by atomic mass is 35.5. The Bertz CT molecular complexity index is 1040. The number of unbranched alkanes of at least 4 members (excludes halogenated alkanes) is 1. The maximum Gasteiger partial charge on any atom is 0.326 e. The number of halogens is 1. The van der Waals surface area contributed by atoms with E-state index in [9.17, 15) is 18.0 Å². The van der Waals surface area contributed by atoms with Crippen LogP contribution in [0, 0.1) is 0 Å². The number of esters is 1. The standard InChI is InChI=1S/C24H31ClN2O6S/c1-24(2,3)33-23(29)21(27-34(30,31)20-9-5-4-6-10-20)17-26-22(28)18-11-13-19(14-12-18)32-16-8-7-15-25/h4-6,9-14,21,27H,7-8,15-17H2,1-3H3,(H,26,28)/t21-/m0/s1. The number of carbonyl (C=O) groups is 2. The first-order chi connectivity index (χ1) is 16.0. The highest BCUT2D eigenvalue weighted by Gasteiger charge is 2.30. The van der Waals surface area contributed by atoms with E-state index in [1.165, 1.54) is 12.1 Å². The predicted molar refractivity (Wildman–Crippen MR) is 131 cm³/mol. The molecule has 2 aromatic rings. The molecule has 2 aromatic carbocycles. The lowest BCUT2D eigenvalue weighted by atomic mass is 10.2. The molecule has 0 heterocycles. The summed E-state index contributed by atoms with van der Waals surface area (Å²) < 4.78 is 38.7. The van der Waals surface area contributed by atoms with Gasteiger partial charge >= 0.3 is 5.97 Å². The molecule has 8 nitrogen and oxygen atoms in total. The van der Waals surface area contributed by atoms with Crippen LogP contribution in [0.25, 0.3) is 0 Å². The van der Waals surface area contributed by atoms with E-state index in [1.54, 1.807) is 63.2 Å². The summed E-state index contributed by atoms with van der Waals surface area (Å²) in [6.45, 7) is 5.25. The van der Waals surface area contributed by atoms with Gasteiger partial charge in [-0.2, -0.15) is 4.72 Å². The molecule has 0 aliphatic rings. The van der Waals surface area contributed by atoms with Crippen molar-refractivity contribution in [2.45, 2.75) is 50.2 Å². The molecule has 2 N–H and O–H groups in total. The first-order valence-electron chi connectivity index (χ1n) is 10.9. The number of amides is 1. The average molecular weight is 511 g/mol. The molecule has 0 saturated heterocycles. The van der Waals surface area contributed by atoms with Crippen molar-refractivity contribution in [3.8, 4) is 5.75 Å². The Morgan fingerprint density at radius 1 is 1.00 bits per heavy atom. The minimum absolute atomic E-state index is 0.00322. The summed E-state index contributed by atoms with van der Waals surface area (Å²) in [7, 11) is -4.02. The van der Waals surface area contributed by atoms with Crippen LogP contribution in [0.2, 0.25) is 0 Å². The molecule has 0 saturated carbocycles. The van der Waals surface area contributed by atoms with E-state index in [-0.39, 0.29) is 11.4 Å². The fourth-order valence-corrected chi connectivity index (χ4v) is 4.18. The van der Waals surface area contributed by atoms with Crippen molar-refractivity contribution in [2.24, 2.45) is 0 Å². The first-order valence-corrected chi connectivity index (χ1v) is 12.9. The van der Waals surface area contributed by atoms with Gasteiger partial charge in [-0.25, -0.2) is 8.42 Å². The minimum Gasteiger partial charge on any atom is -0.494 e. The zero-order valence-electron chi connectivity index (χ0n) is 19.5. The maximum absolute atomic E-state index is 12.7. The van der Waals surface area contributed by atoms with Crippen molar-refractivity contribution < 1.29 is 27.5 Å². The van der Waals surface area contributed by atoms with Gasteiger partial charge in [0.05, 0.1) is 11.5 Å². The largest absolute Gasteiger partial charge is 0.494 e. The molecule has 0 bridgehead atoms. The zero-order valence-corrected chi connectivity index (χ0v) is 21.1. The van der Waals surface area contributed by atoms with Gasteiger partial charge in [0.25, 0.3) is 5.91 Å². The second kappa shape index (κ2) is 12.7. The summed E-state index contributed by atoms with van der Waals surface area (Å²) in [5.74, 6) is -0.0728. The number of nitrogens with one attached hydrogen (secondary N) is 2. The number of hydrogen-bond acceptors (Lipinski definition) is 6. The zero-order chi connectivity index (χ0) is 25.2. The second-order valence-corrected chi connectivity index (χ2v) is 10.6. The lowest BCUT2D eigenvalue weighted by Gasteiger charge is -2.24. The third kappa shape index (κ3) is 9.32. The third-order valence-corrected chi connectivity index (χ3v) is 6.18. The topological polar surface area (TPSA) is 111 Å². The van der Waals surface area contributed by atoms with Crippen LogP contribution in [0.15, 0.2) is 59.5 Å². The molecule has 34 heavy (non-hydrogen) atoms. The molecule has 1 amide bonds. The van der Waals surface area contributed by atoms with Crippen LogP contribution >= 0.6 is 11.6 Å². The van der Waals surface area contributed by atoms with Crippen molar-refractivity contribution in [3.05, 3.63) is 60.2 Å². The highest BCUT2D eigenvalue weighted by Crippen LogP contribution is 2.14. The van der Waals surface area contributed by atoms with Crippen molar-refractivity contribution in [3.63, 3.8) is 0 Å². The average Bonchev–Trinajstić information content (AvgIpc) is 2.79. The molecule has 0 radical (unpaired) electrons. The second-order valence-electron chi connectivity index (χ2n) is 8.50. The van der Waals surface area contributed by atoms with Crippen LogP contribution in [-0.4, -0.2) is 51.0 Å². The van der Waals surface area contributed by atoms with E-state index in [0.717, 1.165) is 12.8 Å². The van der Waals surface area contributed by atoms with Gasteiger partial charge in [0.1, 0.15) is 17.4 Å². The fraction of sp³-hybridized carbons (Fsp3) is 0.417. The quantitative estimate of drug-likeness (QED) is 0.257. The smallest absolute Gasteiger partial charge is 0.326 e. The summed E-state index contributed by atoms with van der Waals surface area (Å²) in [5.41, 5.74) is -0.501. The monoisotopic (exact) mass is 510 g/mol. The van der Waals surface area contributed by atoms with Crippen LogP contribution in [0.3, 0.4) is 0 Å². The molecule has 186 valence electrons. The number of ether oxygens (including phenoxy) is 2. The Morgan fingerprint density at radius 3 is 2.24 bits per heavy atom. The predicted octanol–water partition coefficient (Wildman–Crippen LogP) is 3.50. The Morgan fingerprint density at radius 2 is 1.65 bits per heavy atom. The Balaban J connectivity index is 2.06. The van der Waals surface area contributed by atoms with Crippen LogP contribution in [0.4, 0.5) is 0 Å². The Labute approximate surface area is 206 Å². The molecule has 1 atom stereocenters. The van der Waals surface area contributed by atoms with Gasteiger partial charge in [-0.15, -0.1) is 11.6 Å². The van der Waals surface area contributed by atoms with Crippen LogP contribution in [0.1, 0.15) is 44.0 Å². The summed E-state index contributed by atoms with van der Waals surface area (Å²) in [6.07, 6.45) is 1.69. The van der Waals surface area contributed by atoms with Crippen LogP contribution < -0.4 is 14.8 Å². The molecule has 0 unspecified atom stereocenters. The first kappa shape index (κ1) is 27.6. The molecular formula is C24H31ClN2O6S. The molecule has 0 aromatic heterocycles. The maximum atomic E-state index is 12.7. The van der Waals surface area contributed by atoms with Gasteiger partial charge in [-0.1, -0.05) is 18.2 Å². The fourth-order valence-electron chi connectivity index (χ4n) is 2.79. The summed E-state index contributed by atoms with van der Waals surface area (Å²) in [5, 5.41) is 2.60. The van der Waals surface area contributed by atoms with Crippen molar-refractivity contribution in [1.82, 2.24) is 10.0 Å². The molecule has 0 aliphatic carbocycles. The van der Waals surface area contributed by atoms with E-state index in [4.69, 9.17) is 21.1 Å². The number of sulfonamides is 1. The van der Waals surface area contributed by atoms with E-state index in [1.807, 2.05) is 0 Å². The number of rotatable bonds is 12. The summed E-state index contributed by atoms with van der Waals surface area (Å²) in [6, 6.07) is 12.8. The Hall–Kier alpha value is -2.62. The SMILES string of the molecule is CC(C)(C)OC(=O)[C@H](CNC(=O)c1ccc(OCCCCCl)cc1)NS(=O)(=O)c1ccccc1. The van der Waals surface area contributed by atoms with Gasteiger partial charge in [-0.05, 0) is 70.0 Å². The molecule has 0 spiro atoms. The van der Waals surface area contributed by atoms with Gasteiger partial charge in [0.2, 0.25) is 10.0 Å². The van der Waals surface area contributed by atoms with Gasteiger partial charge < -0.3 is 14.8 Å². The summed E-state index contributed by atoms with van der Waals surface area (Å²) >= 11 is 5.64. The Kier molecular flexibility index (Phi) is 10.3. The van der Waals surface area contributed by atoms with Crippen molar-refractivity contribution >= 4 is 33.5 Å². The van der Waals surface area contributed by atoms with E-state index in [0.29, 0.717) is 23.8 Å².